The van der Waals surface area contributed by atoms with Gasteiger partial charge >= 0.3 is 6.18 Å². The average molecular weight is 437 g/mol. The second-order valence-electron chi connectivity index (χ2n) is 6.45. The van der Waals surface area contributed by atoms with Crippen LogP contribution in [0.3, 0.4) is 0 Å². The fourth-order valence-electron chi connectivity index (χ4n) is 2.76. The number of aryl methyl sites for hydroxylation is 2. The van der Waals surface area contributed by atoms with E-state index in [0.29, 0.717) is 24.1 Å². The van der Waals surface area contributed by atoms with Gasteiger partial charge in [-0.3, -0.25) is 0 Å². The molecule has 10 heteroatoms. The highest BCUT2D eigenvalue weighted by Gasteiger charge is 2.33. The van der Waals surface area contributed by atoms with Crippen LogP contribution in [-0.2, 0) is 32.2 Å². The van der Waals surface area contributed by atoms with Gasteiger partial charge in [0.05, 0.1) is 6.54 Å². The van der Waals surface area contributed by atoms with Crippen LogP contribution in [0.2, 0.25) is 0 Å². The number of aromatic nitrogens is 3. The summed E-state index contributed by atoms with van der Waals surface area (Å²) in [5.41, 5.74) is 0.379. The molecule has 0 fully saturated rings. The van der Waals surface area contributed by atoms with E-state index in [9.17, 15) is 13.2 Å². The maximum atomic E-state index is 12.7. The number of thiazole rings is 1. The number of alkyl halides is 3. The standard InChI is InChI=1S/C20H23F3N6S/c1-2-24-19(27-13-18-28-16(14-30-18)20(21,22)23)26-12-17-25-9-11-29(17)10-8-15-6-4-3-5-7-15/h3-7,9,11,14H,2,8,10,12-13H2,1H3,(H2,24,26,27). The summed E-state index contributed by atoms with van der Waals surface area (Å²) in [6.45, 7) is 3.85. The van der Waals surface area contributed by atoms with E-state index in [0.717, 1.165) is 35.5 Å². The average Bonchev–Trinajstić information content (AvgIpc) is 3.38. The summed E-state index contributed by atoms with van der Waals surface area (Å²) in [7, 11) is 0. The largest absolute Gasteiger partial charge is 0.434 e. The van der Waals surface area contributed by atoms with Gasteiger partial charge in [-0.15, -0.1) is 11.3 Å². The lowest BCUT2D eigenvalue weighted by atomic mass is 10.1. The van der Waals surface area contributed by atoms with Crippen LogP contribution in [0.15, 0.2) is 53.1 Å². The number of nitrogens with zero attached hydrogens (tertiary/aromatic N) is 4. The first-order valence-electron chi connectivity index (χ1n) is 9.53. The van der Waals surface area contributed by atoms with E-state index in [4.69, 9.17) is 0 Å². The molecule has 0 saturated carbocycles. The Kier molecular flexibility index (Phi) is 7.45. The number of nitrogens with one attached hydrogen (secondary N) is 2. The SMILES string of the molecule is CCNC(=NCc1nccn1CCc1ccccc1)NCc1nc(C(F)(F)F)cs1. The van der Waals surface area contributed by atoms with Crippen LogP contribution in [0.4, 0.5) is 13.2 Å². The molecule has 2 aromatic heterocycles. The first-order chi connectivity index (χ1) is 14.5. The van der Waals surface area contributed by atoms with E-state index in [1.165, 1.54) is 5.56 Å². The molecule has 30 heavy (non-hydrogen) atoms. The molecule has 1 aromatic carbocycles. The molecule has 0 saturated heterocycles. The summed E-state index contributed by atoms with van der Waals surface area (Å²) in [5.74, 6) is 1.32. The molecule has 0 aliphatic heterocycles. The smallest absolute Gasteiger partial charge is 0.357 e. The minimum absolute atomic E-state index is 0.162. The molecule has 2 N–H and O–H groups in total. The molecule has 6 nitrogen and oxygen atoms in total. The van der Waals surface area contributed by atoms with Gasteiger partial charge < -0.3 is 15.2 Å². The van der Waals surface area contributed by atoms with Crippen molar-refractivity contribution in [3.05, 3.63) is 70.2 Å². The highest BCUT2D eigenvalue weighted by molar-refractivity contribution is 7.09. The lowest BCUT2D eigenvalue weighted by molar-refractivity contribution is -0.140. The van der Waals surface area contributed by atoms with Gasteiger partial charge in [-0.05, 0) is 18.9 Å². The van der Waals surface area contributed by atoms with Crippen molar-refractivity contribution >= 4 is 17.3 Å². The molecule has 0 atom stereocenters. The minimum atomic E-state index is -4.43. The quantitative estimate of drug-likeness (QED) is 0.416. The molecule has 3 aromatic rings. The Morgan fingerprint density at radius 3 is 2.70 bits per heavy atom. The number of hydrogen-bond acceptors (Lipinski definition) is 4. The van der Waals surface area contributed by atoms with Gasteiger partial charge in [-0.25, -0.2) is 15.0 Å². The molecule has 0 amide bonds. The number of rotatable bonds is 8. The van der Waals surface area contributed by atoms with E-state index in [-0.39, 0.29) is 6.54 Å². The Balaban J connectivity index is 1.58. The summed E-state index contributed by atoms with van der Waals surface area (Å²) in [6, 6.07) is 10.2. The van der Waals surface area contributed by atoms with Crippen molar-refractivity contribution in [2.24, 2.45) is 4.99 Å². The Hall–Kier alpha value is -2.88. The Morgan fingerprint density at radius 1 is 1.20 bits per heavy atom. The highest BCUT2D eigenvalue weighted by Crippen LogP contribution is 2.29. The molecule has 160 valence electrons. The van der Waals surface area contributed by atoms with Crippen molar-refractivity contribution in [1.82, 2.24) is 25.2 Å². The zero-order chi connectivity index (χ0) is 21.4. The molecule has 0 unspecified atom stereocenters. The minimum Gasteiger partial charge on any atom is -0.357 e. The fraction of sp³-hybridized carbons (Fsp3) is 0.350. The zero-order valence-electron chi connectivity index (χ0n) is 16.5. The van der Waals surface area contributed by atoms with Gasteiger partial charge in [0.1, 0.15) is 17.4 Å². The molecule has 0 aliphatic rings. The number of imidazole rings is 1. The van der Waals surface area contributed by atoms with Crippen molar-refractivity contribution in [3.63, 3.8) is 0 Å². The summed E-state index contributed by atoms with van der Waals surface area (Å²) in [4.78, 5) is 12.5. The van der Waals surface area contributed by atoms with Crippen LogP contribution in [0.1, 0.15) is 29.0 Å². The van der Waals surface area contributed by atoms with Gasteiger partial charge in [0.2, 0.25) is 0 Å². The van der Waals surface area contributed by atoms with Crippen molar-refractivity contribution in [2.75, 3.05) is 6.54 Å². The number of aliphatic imine (C=N–C) groups is 1. The van der Waals surface area contributed by atoms with Crippen LogP contribution in [0.25, 0.3) is 0 Å². The summed E-state index contributed by atoms with van der Waals surface area (Å²) in [6.07, 6.45) is 0.120. The van der Waals surface area contributed by atoms with Crippen LogP contribution in [0.5, 0.6) is 0 Å². The lowest BCUT2D eigenvalue weighted by Crippen LogP contribution is -2.36. The number of benzene rings is 1. The second-order valence-corrected chi connectivity index (χ2v) is 7.39. The van der Waals surface area contributed by atoms with Crippen molar-refractivity contribution < 1.29 is 13.2 Å². The molecule has 2 heterocycles. The first-order valence-corrected chi connectivity index (χ1v) is 10.4. The topological polar surface area (TPSA) is 67.1 Å². The third kappa shape index (κ3) is 6.31. The summed E-state index contributed by atoms with van der Waals surface area (Å²) >= 11 is 0.966. The van der Waals surface area contributed by atoms with Crippen molar-refractivity contribution in [3.8, 4) is 0 Å². The summed E-state index contributed by atoms with van der Waals surface area (Å²) in [5, 5.41) is 7.47. The number of guanidine groups is 1. The molecule has 0 spiro atoms. The van der Waals surface area contributed by atoms with E-state index >= 15 is 0 Å². The van der Waals surface area contributed by atoms with E-state index < -0.39 is 11.9 Å². The van der Waals surface area contributed by atoms with Crippen LogP contribution < -0.4 is 10.6 Å². The predicted octanol–water partition coefficient (Wildman–Crippen LogP) is 3.86. The zero-order valence-corrected chi connectivity index (χ0v) is 17.3. The second kappa shape index (κ2) is 10.2. The van der Waals surface area contributed by atoms with Gasteiger partial charge in [-0.1, -0.05) is 30.3 Å². The van der Waals surface area contributed by atoms with Crippen molar-refractivity contribution in [1.29, 1.82) is 0 Å². The Morgan fingerprint density at radius 2 is 2.00 bits per heavy atom. The van der Waals surface area contributed by atoms with Crippen molar-refractivity contribution in [2.45, 2.75) is 39.2 Å². The van der Waals surface area contributed by atoms with E-state index in [1.54, 1.807) is 6.20 Å². The maximum absolute atomic E-state index is 12.7. The lowest BCUT2D eigenvalue weighted by Gasteiger charge is -2.11. The van der Waals surface area contributed by atoms with Crippen LogP contribution in [-0.4, -0.2) is 27.0 Å². The fourth-order valence-corrected chi connectivity index (χ4v) is 3.50. The van der Waals surface area contributed by atoms with Gasteiger partial charge in [0.25, 0.3) is 0 Å². The molecule has 3 rings (SSSR count). The normalized spacial score (nSPS) is 12.2. The third-order valence-electron chi connectivity index (χ3n) is 4.26. The monoisotopic (exact) mass is 436 g/mol. The highest BCUT2D eigenvalue weighted by atomic mass is 32.1. The van der Waals surface area contributed by atoms with Gasteiger partial charge in [0.15, 0.2) is 11.7 Å². The predicted molar refractivity (Wildman–Crippen MR) is 111 cm³/mol. The first kappa shape index (κ1) is 21.8. The van der Waals surface area contributed by atoms with Crippen LogP contribution in [0, 0.1) is 0 Å². The third-order valence-corrected chi connectivity index (χ3v) is 5.11. The van der Waals surface area contributed by atoms with E-state index in [2.05, 4.69) is 42.3 Å². The Labute approximate surface area is 176 Å². The number of hydrogen-bond donors (Lipinski definition) is 2. The van der Waals surface area contributed by atoms with E-state index in [1.807, 2.05) is 31.3 Å². The van der Waals surface area contributed by atoms with Crippen LogP contribution >= 0.6 is 11.3 Å². The molecular weight excluding hydrogens is 413 g/mol. The van der Waals surface area contributed by atoms with Gasteiger partial charge in [0, 0.05) is 30.9 Å². The maximum Gasteiger partial charge on any atom is 0.434 e. The van der Waals surface area contributed by atoms with Gasteiger partial charge in [-0.2, -0.15) is 13.2 Å². The molecular formula is C20H23F3N6S. The Bertz CT molecular complexity index is 949. The molecule has 0 radical (unpaired) electrons. The summed E-state index contributed by atoms with van der Waals surface area (Å²) < 4.78 is 40.1. The number of halogens is 3. The molecule has 0 bridgehead atoms. The molecule has 0 aliphatic carbocycles.